The van der Waals surface area contributed by atoms with Crippen LogP contribution in [0.25, 0.3) is 0 Å². The van der Waals surface area contributed by atoms with Gasteiger partial charge in [0.2, 0.25) is 5.91 Å². The fraction of sp³-hybridized carbons (Fsp3) is 0.333. The topological polar surface area (TPSA) is 58.2 Å². The summed E-state index contributed by atoms with van der Waals surface area (Å²) in [4.78, 5) is 22.8. The minimum absolute atomic E-state index is 0.0975. The Kier molecular flexibility index (Phi) is 5.49. The van der Waals surface area contributed by atoms with Gasteiger partial charge in [0, 0.05) is 30.6 Å². The average molecular weight is 255 g/mol. The van der Waals surface area contributed by atoms with Crippen LogP contribution in [0.4, 0.5) is 5.69 Å². The fourth-order valence-corrected chi connectivity index (χ4v) is 1.47. The van der Waals surface area contributed by atoms with Gasteiger partial charge >= 0.3 is 0 Å². The first-order valence-electron chi connectivity index (χ1n) is 5.35. The van der Waals surface area contributed by atoms with Crippen molar-refractivity contribution in [2.24, 2.45) is 0 Å². The van der Waals surface area contributed by atoms with Crippen LogP contribution in [0.5, 0.6) is 0 Å². The standard InChI is InChI=1S/C12H15ClN2O2/c1-14-12(17)9-4-2-5-10(8-9)15-11(16)6-3-7-13/h2,4-5,8H,3,6-7H2,1H3,(H,14,17)(H,15,16). The third-order valence-corrected chi connectivity index (χ3v) is 2.44. The van der Waals surface area contributed by atoms with Gasteiger partial charge in [-0.1, -0.05) is 6.07 Å². The van der Waals surface area contributed by atoms with Crippen LogP contribution in [0.15, 0.2) is 24.3 Å². The highest BCUT2D eigenvalue weighted by molar-refractivity contribution is 6.18. The van der Waals surface area contributed by atoms with E-state index in [0.29, 0.717) is 30.0 Å². The Bertz CT molecular complexity index is 407. The molecule has 5 heteroatoms. The van der Waals surface area contributed by atoms with Crippen LogP contribution in [-0.4, -0.2) is 24.7 Å². The third-order valence-electron chi connectivity index (χ3n) is 2.17. The van der Waals surface area contributed by atoms with Gasteiger partial charge < -0.3 is 10.6 Å². The zero-order valence-corrected chi connectivity index (χ0v) is 10.4. The highest BCUT2D eigenvalue weighted by Gasteiger charge is 2.05. The van der Waals surface area contributed by atoms with Gasteiger partial charge in [-0.2, -0.15) is 0 Å². The van der Waals surface area contributed by atoms with Crippen molar-refractivity contribution in [1.82, 2.24) is 5.32 Å². The molecule has 0 radical (unpaired) electrons. The molecular weight excluding hydrogens is 240 g/mol. The van der Waals surface area contributed by atoms with Gasteiger partial charge in [0.15, 0.2) is 0 Å². The van der Waals surface area contributed by atoms with E-state index in [9.17, 15) is 9.59 Å². The molecule has 4 nitrogen and oxygen atoms in total. The Morgan fingerprint density at radius 2 is 2.12 bits per heavy atom. The minimum Gasteiger partial charge on any atom is -0.355 e. The molecule has 0 unspecified atom stereocenters. The van der Waals surface area contributed by atoms with Gasteiger partial charge in [0.25, 0.3) is 5.91 Å². The van der Waals surface area contributed by atoms with E-state index in [1.807, 2.05) is 0 Å². The summed E-state index contributed by atoms with van der Waals surface area (Å²) in [6.07, 6.45) is 1.02. The van der Waals surface area contributed by atoms with E-state index in [1.54, 1.807) is 31.3 Å². The van der Waals surface area contributed by atoms with E-state index < -0.39 is 0 Å². The number of halogens is 1. The molecule has 0 aromatic heterocycles. The SMILES string of the molecule is CNC(=O)c1cccc(NC(=O)CCCCl)c1. The quantitative estimate of drug-likeness (QED) is 0.790. The second kappa shape index (κ2) is 6.91. The Morgan fingerprint density at radius 1 is 1.35 bits per heavy atom. The Balaban J connectivity index is 2.65. The molecule has 0 heterocycles. The van der Waals surface area contributed by atoms with E-state index in [-0.39, 0.29) is 11.8 Å². The van der Waals surface area contributed by atoms with Gasteiger partial charge in [-0.05, 0) is 24.6 Å². The van der Waals surface area contributed by atoms with Gasteiger partial charge in [0.05, 0.1) is 0 Å². The lowest BCUT2D eigenvalue weighted by Gasteiger charge is -2.06. The first-order chi connectivity index (χ1) is 8.17. The molecule has 1 aromatic carbocycles. The first kappa shape index (κ1) is 13.5. The third kappa shape index (κ3) is 4.44. The highest BCUT2D eigenvalue weighted by Crippen LogP contribution is 2.11. The molecule has 0 atom stereocenters. The van der Waals surface area contributed by atoms with Gasteiger partial charge in [-0.25, -0.2) is 0 Å². The average Bonchev–Trinajstić information content (AvgIpc) is 2.35. The smallest absolute Gasteiger partial charge is 0.251 e. The van der Waals surface area contributed by atoms with Crippen molar-refractivity contribution in [3.05, 3.63) is 29.8 Å². The lowest BCUT2D eigenvalue weighted by molar-refractivity contribution is -0.116. The van der Waals surface area contributed by atoms with Crippen molar-refractivity contribution in [2.75, 3.05) is 18.2 Å². The summed E-state index contributed by atoms with van der Waals surface area (Å²) in [7, 11) is 1.56. The number of nitrogens with one attached hydrogen (secondary N) is 2. The molecule has 1 rings (SSSR count). The zero-order valence-electron chi connectivity index (χ0n) is 9.63. The van der Waals surface area contributed by atoms with Gasteiger partial charge in [0.1, 0.15) is 0 Å². The Hall–Kier alpha value is -1.55. The van der Waals surface area contributed by atoms with Gasteiger partial charge in [-0.3, -0.25) is 9.59 Å². The molecule has 0 saturated heterocycles. The number of carbonyl (C=O) groups excluding carboxylic acids is 2. The summed E-state index contributed by atoms with van der Waals surface area (Å²) in [5, 5.41) is 5.25. The van der Waals surface area contributed by atoms with Crippen LogP contribution in [-0.2, 0) is 4.79 Å². The Morgan fingerprint density at radius 3 is 2.76 bits per heavy atom. The summed E-state index contributed by atoms with van der Waals surface area (Å²) in [6.45, 7) is 0. The molecule has 92 valence electrons. The van der Waals surface area contributed by atoms with Crippen molar-refractivity contribution in [1.29, 1.82) is 0 Å². The van der Waals surface area contributed by atoms with E-state index in [2.05, 4.69) is 10.6 Å². The molecule has 17 heavy (non-hydrogen) atoms. The minimum atomic E-state index is -0.179. The van der Waals surface area contributed by atoms with E-state index in [1.165, 1.54) is 0 Å². The molecule has 0 spiro atoms. The zero-order chi connectivity index (χ0) is 12.7. The molecule has 0 aliphatic rings. The van der Waals surface area contributed by atoms with Crippen molar-refractivity contribution in [2.45, 2.75) is 12.8 Å². The molecule has 0 fully saturated rings. The molecule has 0 bridgehead atoms. The van der Waals surface area contributed by atoms with Crippen LogP contribution < -0.4 is 10.6 Å². The van der Waals surface area contributed by atoms with Crippen molar-refractivity contribution >= 4 is 29.1 Å². The van der Waals surface area contributed by atoms with Crippen molar-refractivity contribution in [3.8, 4) is 0 Å². The van der Waals surface area contributed by atoms with Crippen LogP contribution in [0, 0.1) is 0 Å². The predicted molar refractivity (Wildman–Crippen MR) is 68.4 cm³/mol. The predicted octanol–water partition coefficient (Wildman–Crippen LogP) is 2.00. The largest absolute Gasteiger partial charge is 0.355 e. The van der Waals surface area contributed by atoms with Crippen LogP contribution in [0.3, 0.4) is 0 Å². The van der Waals surface area contributed by atoms with E-state index >= 15 is 0 Å². The number of hydrogen-bond donors (Lipinski definition) is 2. The number of hydrogen-bond acceptors (Lipinski definition) is 2. The summed E-state index contributed by atoms with van der Waals surface area (Å²) >= 11 is 5.50. The molecule has 0 aliphatic heterocycles. The summed E-state index contributed by atoms with van der Waals surface area (Å²) in [5.74, 6) is 0.188. The monoisotopic (exact) mass is 254 g/mol. The van der Waals surface area contributed by atoms with Crippen molar-refractivity contribution < 1.29 is 9.59 Å². The second-order valence-corrected chi connectivity index (χ2v) is 3.88. The molecule has 2 N–H and O–H groups in total. The maximum atomic E-state index is 11.5. The van der Waals surface area contributed by atoms with Gasteiger partial charge in [-0.15, -0.1) is 11.6 Å². The normalized spacial score (nSPS) is 9.76. The summed E-state index contributed by atoms with van der Waals surface area (Å²) in [5.41, 5.74) is 1.13. The maximum absolute atomic E-state index is 11.5. The lowest BCUT2D eigenvalue weighted by Crippen LogP contribution is -2.18. The second-order valence-electron chi connectivity index (χ2n) is 3.50. The van der Waals surface area contributed by atoms with Crippen molar-refractivity contribution in [3.63, 3.8) is 0 Å². The highest BCUT2D eigenvalue weighted by atomic mass is 35.5. The number of rotatable bonds is 5. The fourth-order valence-electron chi connectivity index (χ4n) is 1.33. The maximum Gasteiger partial charge on any atom is 0.251 e. The van der Waals surface area contributed by atoms with Crippen LogP contribution in [0.2, 0.25) is 0 Å². The molecule has 0 aliphatic carbocycles. The molecule has 1 aromatic rings. The van der Waals surface area contributed by atoms with Crippen LogP contribution >= 0.6 is 11.6 Å². The molecule has 2 amide bonds. The molecule has 0 saturated carbocycles. The number of benzene rings is 1. The number of anilines is 1. The summed E-state index contributed by atoms with van der Waals surface area (Å²) in [6, 6.07) is 6.79. The Labute approximate surface area is 105 Å². The van der Waals surface area contributed by atoms with Crippen LogP contribution in [0.1, 0.15) is 23.2 Å². The summed E-state index contributed by atoms with van der Waals surface area (Å²) < 4.78 is 0. The first-order valence-corrected chi connectivity index (χ1v) is 5.88. The molecular formula is C12H15ClN2O2. The number of carbonyl (C=O) groups is 2. The number of amides is 2. The lowest BCUT2D eigenvalue weighted by atomic mass is 10.2. The van der Waals surface area contributed by atoms with E-state index in [0.717, 1.165) is 0 Å². The number of alkyl halides is 1. The van der Waals surface area contributed by atoms with E-state index in [4.69, 9.17) is 11.6 Å².